The monoisotopic (exact) mass is 476 g/mol. The van der Waals surface area contributed by atoms with Crippen LogP contribution in [-0.4, -0.2) is 32.1 Å². The lowest BCUT2D eigenvalue weighted by Crippen LogP contribution is -2.44. The van der Waals surface area contributed by atoms with Gasteiger partial charge in [0, 0.05) is 41.8 Å². The summed E-state index contributed by atoms with van der Waals surface area (Å²) in [4.78, 5) is 7.99. The second-order valence-electron chi connectivity index (χ2n) is 5.56. The molecule has 130 valence electrons. The molecule has 1 aliphatic heterocycles. The number of aliphatic imine (C=N–C) groups is 1. The fourth-order valence-corrected chi connectivity index (χ4v) is 3.59. The summed E-state index contributed by atoms with van der Waals surface area (Å²) in [5.41, 5.74) is 1.18. The van der Waals surface area contributed by atoms with Crippen LogP contribution in [0.4, 0.5) is 5.69 Å². The Balaban J connectivity index is 0.00000208. The van der Waals surface area contributed by atoms with Gasteiger partial charge < -0.3 is 15.5 Å². The van der Waals surface area contributed by atoms with Crippen LogP contribution in [-0.2, 0) is 6.54 Å². The van der Waals surface area contributed by atoms with Crippen molar-refractivity contribution in [1.82, 2.24) is 10.6 Å². The summed E-state index contributed by atoms with van der Waals surface area (Å²) in [5, 5.41) is 9.76. The van der Waals surface area contributed by atoms with Crippen LogP contribution >= 0.6 is 46.9 Å². The highest BCUT2D eigenvalue weighted by Gasteiger charge is 2.23. The maximum Gasteiger partial charge on any atom is 0.191 e. The van der Waals surface area contributed by atoms with Crippen molar-refractivity contribution in [1.29, 1.82) is 0 Å². The summed E-state index contributed by atoms with van der Waals surface area (Å²) in [7, 11) is 1.81. The molecule has 24 heavy (non-hydrogen) atoms. The Kier molecular flexibility index (Phi) is 7.64. The molecule has 1 aromatic carbocycles. The molecular formula is C17H22ClIN4S. The second-order valence-corrected chi connectivity index (χ2v) is 7.03. The lowest BCUT2D eigenvalue weighted by atomic mass is 10.3. The van der Waals surface area contributed by atoms with Gasteiger partial charge in [-0.1, -0.05) is 23.7 Å². The van der Waals surface area contributed by atoms with Crippen LogP contribution in [0.15, 0.2) is 46.8 Å². The quantitative estimate of drug-likeness (QED) is 0.399. The van der Waals surface area contributed by atoms with Gasteiger partial charge in [-0.05, 0) is 36.1 Å². The first-order valence-electron chi connectivity index (χ1n) is 7.74. The normalized spacial score (nSPS) is 17.5. The lowest BCUT2D eigenvalue weighted by Gasteiger charge is -2.20. The van der Waals surface area contributed by atoms with Crippen LogP contribution in [0.3, 0.4) is 0 Å². The number of guanidine groups is 1. The third-order valence-electron chi connectivity index (χ3n) is 3.94. The minimum Gasteiger partial charge on any atom is -0.369 e. The molecule has 4 nitrogen and oxygen atoms in total. The van der Waals surface area contributed by atoms with E-state index in [1.165, 1.54) is 10.6 Å². The van der Waals surface area contributed by atoms with Crippen molar-refractivity contribution in [2.45, 2.75) is 19.0 Å². The van der Waals surface area contributed by atoms with Crippen molar-refractivity contribution in [2.24, 2.45) is 4.99 Å². The van der Waals surface area contributed by atoms with Crippen molar-refractivity contribution in [2.75, 3.05) is 25.0 Å². The van der Waals surface area contributed by atoms with E-state index < -0.39 is 0 Å². The predicted octanol–water partition coefficient (Wildman–Crippen LogP) is 3.96. The standard InChI is InChI=1S/C17H21ClN4S.HI/c1-19-17(20-11-16-6-3-9-23-16)21-14-7-8-22(12-14)15-5-2-4-13(18)10-15;/h2-6,9-10,14H,7-8,11-12H2,1H3,(H2,19,20,21);1H. The van der Waals surface area contributed by atoms with Crippen LogP contribution in [0.1, 0.15) is 11.3 Å². The zero-order valence-corrected chi connectivity index (χ0v) is 17.4. The Hall–Kier alpha value is -0.990. The molecule has 1 aliphatic rings. The molecule has 2 N–H and O–H groups in total. The second kappa shape index (κ2) is 9.48. The van der Waals surface area contributed by atoms with Gasteiger partial charge in [0.05, 0.1) is 6.54 Å². The number of rotatable bonds is 4. The first-order valence-corrected chi connectivity index (χ1v) is 9.00. The largest absolute Gasteiger partial charge is 0.369 e. The van der Waals surface area contributed by atoms with E-state index in [1.54, 1.807) is 11.3 Å². The predicted molar refractivity (Wildman–Crippen MR) is 115 cm³/mol. The number of anilines is 1. The molecule has 0 radical (unpaired) electrons. The number of nitrogens with one attached hydrogen (secondary N) is 2. The van der Waals surface area contributed by atoms with E-state index >= 15 is 0 Å². The summed E-state index contributed by atoms with van der Waals surface area (Å²) in [6, 6.07) is 12.6. The minimum absolute atomic E-state index is 0. The molecule has 0 aliphatic carbocycles. The van der Waals surface area contributed by atoms with Crippen molar-refractivity contribution in [3.8, 4) is 0 Å². The number of halogens is 2. The molecule has 1 unspecified atom stereocenters. The third kappa shape index (κ3) is 5.26. The SMILES string of the molecule is CN=C(NCc1cccs1)NC1CCN(c2cccc(Cl)c2)C1.I. The topological polar surface area (TPSA) is 39.7 Å². The summed E-state index contributed by atoms with van der Waals surface area (Å²) < 4.78 is 0. The molecule has 3 rings (SSSR count). The molecule has 1 saturated heterocycles. The molecule has 2 aromatic rings. The van der Waals surface area contributed by atoms with Gasteiger partial charge in [0.25, 0.3) is 0 Å². The fraction of sp³-hybridized carbons (Fsp3) is 0.353. The van der Waals surface area contributed by atoms with Crippen molar-refractivity contribution >= 4 is 58.6 Å². The summed E-state index contributed by atoms with van der Waals surface area (Å²) in [6.45, 7) is 2.79. The van der Waals surface area contributed by atoms with Gasteiger partial charge in [-0.2, -0.15) is 0 Å². The van der Waals surface area contributed by atoms with Crippen molar-refractivity contribution in [3.63, 3.8) is 0 Å². The Bertz CT molecular complexity index is 662. The van der Waals surface area contributed by atoms with Gasteiger partial charge in [0.15, 0.2) is 5.96 Å². The van der Waals surface area contributed by atoms with E-state index in [2.05, 4.69) is 44.1 Å². The number of hydrogen-bond acceptors (Lipinski definition) is 3. The van der Waals surface area contributed by atoms with E-state index in [-0.39, 0.29) is 24.0 Å². The maximum absolute atomic E-state index is 6.09. The molecule has 1 atom stereocenters. The molecule has 0 spiro atoms. The first kappa shape index (κ1) is 19.3. The van der Waals surface area contributed by atoms with Gasteiger partial charge in [-0.3, -0.25) is 4.99 Å². The number of nitrogens with zero attached hydrogens (tertiary/aromatic N) is 2. The molecule has 1 fully saturated rings. The van der Waals surface area contributed by atoms with Crippen molar-refractivity contribution < 1.29 is 0 Å². The van der Waals surface area contributed by atoms with Crippen LogP contribution < -0.4 is 15.5 Å². The molecule has 0 bridgehead atoms. The van der Waals surface area contributed by atoms with Crippen LogP contribution in [0.5, 0.6) is 0 Å². The molecule has 0 amide bonds. The molecular weight excluding hydrogens is 455 g/mol. The van der Waals surface area contributed by atoms with Crippen LogP contribution in [0.25, 0.3) is 0 Å². The minimum atomic E-state index is 0. The van der Waals surface area contributed by atoms with Gasteiger partial charge in [0.2, 0.25) is 0 Å². The van der Waals surface area contributed by atoms with Crippen LogP contribution in [0, 0.1) is 0 Å². The summed E-state index contributed by atoms with van der Waals surface area (Å²) in [6.07, 6.45) is 1.09. The summed E-state index contributed by atoms with van der Waals surface area (Å²) >= 11 is 7.84. The number of benzene rings is 1. The summed E-state index contributed by atoms with van der Waals surface area (Å²) in [5.74, 6) is 0.858. The smallest absolute Gasteiger partial charge is 0.191 e. The highest BCUT2D eigenvalue weighted by atomic mass is 127. The van der Waals surface area contributed by atoms with E-state index in [1.807, 2.05) is 25.2 Å². The molecule has 7 heteroatoms. The molecule has 2 heterocycles. The fourth-order valence-electron chi connectivity index (χ4n) is 2.76. The maximum atomic E-state index is 6.09. The molecule has 0 saturated carbocycles. The molecule has 1 aromatic heterocycles. The Morgan fingerprint density at radius 2 is 2.25 bits per heavy atom. The van der Waals surface area contributed by atoms with E-state index in [9.17, 15) is 0 Å². The van der Waals surface area contributed by atoms with Crippen LogP contribution in [0.2, 0.25) is 5.02 Å². The van der Waals surface area contributed by atoms with E-state index in [0.29, 0.717) is 6.04 Å². The average Bonchev–Trinajstić information content (AvgIpc) is 3.23. The number of thiophene rings is 1. The van der Waals surface area contributed by atoms with E-state index in [4.69, 9.17) is 11.6 Å². The van der Waals surface area contributed by atoms with Gasteiger partial charge in [-0.15, -0.1) is 35.3 Å². The van der Waals surface area contributed by atoms with E-state index in [0.717, 1.165) is 37.0 Å². The Labute approximate surface area is 169 Å². The van der Waals surface area contributed by atoms with Gasteiger partial charge in [-0.25, -0.2) is 0 Å². The Morgan fingerprint density at radius 3 is 2.96 bits per heavy atom. The van der Waals surface area contributed by atoms with Crippen molar-refractivity contribution in [3.05, 3.63) is 51.7 Å². The average molecular weight is 477 g/mol. The third-order valence-corrected chi connectivity index (χ3v) is 5.05. The lowest BCUT2D eigenvalue weighted by molar-refractivity contribution is 0.649. The highest BCUT2D eigenvalue weighted by Crippen LogP contribution is 2.23. The Morgan fingerprint density at radius 1 is 1.38 bits per heavy atom. The van der Waals surface area contributed by atoms with Gasteiger partial charge >= 0.3 is 0 Å². The zero-order chi connectivity index (χ0) is 16.1. The number of hydrogen-bond donors (Lipinski definition) is 2. The van der Waals surface area contributed by atoms with Gasteiger partial charge in [0.1, 0.15) is 0 Å². The zero-order valence-electron chi connectivity index (χ0n) is 13.5. The highest BCUT2D eigenvalue weighted by molar-refractivity contribution is 14.0. The first-order chi connectivity index (χ1) is 11.2.